The van der Waals surface area contributed by atoms with Crippen molar-refractivity contribution < 1.29 is 27.9 Å². The molecule has 0 saturated carbocycles. The summed E-state index contributed by atoms with van der Waals surface area (Å²) in [7, 11) is 0. The molecule has 0 aliphatic carbocycles. The van der Waals surface area contributed by atoms with E-state index in [4.69, 9.17) is 23.2 Å². The number of amides is 2. The van der Waals surface area contributed by atoms with E-state index in [2.05, 4.69) is 10.3 Å². The second-order valence-corrected chi connectivity index (χ2v) is 6.28. The first-order valence-electron chi connectivity index (χ1n) is 7.25. The smallest absolute Gasteiger partial charge is 0.373 e. The van der Waals surface area contributed by atoms with E-state index >= 15 is 0 Å². The summed E-state index contributed by atoms with van der Waals surface area (Å²) in [5.41, 5.74) is -3.47. The number of carbonyl (C=O) groups is 2. The fourth-order valence-corrected chi connectivity index (χ4v) is 2.25. The van der Waals surface area contributed by atoms with Gasteiger partial charge in [0.2, 0.25) is 5.60 Å². The molecular weight excluding hydrogens is 410 g/mol. The molecule has 1 heterocycles. The normalized spacial score (nSPS) is 13.6. The van der Waals surface area contributed by atoms with Gasteiger partial charge in [0.05, 0.1) is 16.3 Å². The predicted octanol–water partition coefficient (Wildman–Crippen LogP) is 3.89. The maximum atomic E-state index is 12.7. The van der Waals surface area contributed by atoms with Crippen LogP contribution in [0.5, 0.6) is 0 Å². The first kappa shape index (κ1) is 20.9. The summed E-state index contributed by atoms with van der Waals surface area (Å²) >= 11 is 11.7. The van der Waals surface area contributed by atoms with Crippen LogP contribution in [-0.4, -0.2) is 33.7 Å². The molecule has 0 bridgehead atoms. The number of hydrogen-bond acceptors (Lipinski definition) is 4. The van der Waals surface area contributed by atoms with Gasteiger partial charge in [-0.25, -0.2) is 4.98 Å². The lowest BCUT2D eigenvalue weighted by atomic mass is 10.1. The molecule has 1 aromatic heterocycles. The molecule has 1 atom stereocenters. The van der Waals surface area contributed by atoms with E-state index < -0.39 is 23.6 Å². The molecule has 0 fully saturated rings. The van der Waals surface area contributed by atoms with Crippen molar-refractivity contribution >= 4 is 46.4 Å². The third-order valence-electron chi connectivity index (χ3n) is 3.47. The number of halogens is 5. The molecule has 144 valence electrons. The highest BCUT2D eigenvalue weighted by Gasteiger charge is 2.55. The van der Waals surface area contributed by atoms with E-state index in [9.17, 15) is 27.9 Å². The molecular formula is C16H12Cl2F3N3O3. The topological polar surface area (TPSA) is 91.3 Å². The molecule has 11 heteroatoms. The number of nitrogens with zero attached hydrogens (tertiary/aromatic N) is 1. The number of aromatic nitrogens is 1. The van der Waals surface area contributed by atoms with E-state index in [1.165, 1.54) is 36.5 Å². The van der Waals surface area contributed by atoms with Gasteiger partial charge in [-0.15, -0.1) is 0 Å². The standard InChI is InChI=1S/C16H12Cl2F3N3O3/c1-15(27,16(19,20)21)14(26)24-11-5-4-8(7-10(11)17)23-13(25)9-3-2-6-22-12(9)18/h2-7,27H,1H3,(H,23,25)(H,24,26)/t15-/m1/s1. The van der Waals surface area contributed by atoms with Crippen molar-refractivity contribution in [1.29, 1.82) is 0 Å². The number of nitrogens with one attached hydrogen (secondary N) is 2. The van der Waals surface area contributed by atoms with Crippen LogP contribution < -0.4 is 10.6 Å². The summed E-state index contributed by atoms with van der Waals surface area (Å²) in [5.74, 6) is -2.28. The minimum absolute atomic E-state index is 0.0145. The molecule has 6 nitrogen and oxygen atoms in total. The average Bonchev–Trinajstić information content (AvgIpc) is 2.56. The Morgan fingerprint density at radius 3 is 2.37 bits per heavy atom. The maximum Gasteiger partial charge on any atom is 0.426 e. The van der Waals surface area contributed by atoms with Crippen LogP contribution in [0.3, 0.4) is 0 Å². The number of hydrogen-bond donors (Lipinski definition) is 3. The van der Waals surface area contributed by atoms with Gasteiger partial charge in [-0.1, -0.05) is 23.2 Å². The second kappa shape index (κ2) is 7.71. The number of carbonyl (C=O) groups excluding carboxylic acids is 2. The first-order chi connectivity index (χ1) is 12.4. The van der Waals surface area contributed by atoms with E-state index in [-0.39, 0.29) is 27.1 Å². The van der Waals surface area contributed by atoms with Crippen LogP contribution >= 0.6 is 23.2 Å². The Labute approximate surface area is 161 Å². The van der Waals surface area contributed by atoms with Gasteiger partial charge in [-0.05, 0) is 37.3 Å². The molecule has 2 aromatic rings. The van der Waals surface area contributed by atoms with Crippen LogP contribution in [0.25, 0.3) is 0 Å². The van der Waals surface area contributed by atoms with E-state index in [0.717, 1.165) is 0 Å². The van der Waals surface area contributed by atoms with Crippen LogP contribution in [0.4, 0.5) is 24.5 Å². The highest BCUT2D eigenvalue weighted by Crippen LogP contribution is 2.33. The summed E-state index contributed by atoms with van der Waals surface area (Å²) in [4.78, 5) is 27.6. The Morgan fingerprint density at radius 2 is 1.81 bits per heavy atom. The summed E-state index contributed by atoms with van der Waals surface area (Å²) in [6, 6.07) is 6.64. The van der Waals surface area contributed by atoms with Gasteiger partial charge in [0, 0.05) is 11.9 Å². The minimum Gasteiger partial charge on any atom is -0.373 e. The monoisotopic (exact) mass is 421 g/mol. The first-order valence-corrected chi connectivity index (χ1v) is 8.01. The lowest BCUT2D eigenvalue weighted by molar-refractivity contribution is -0.242. The van der Waals surface area contributed by atoms with Gasteiger partial charge in [0.1, 0.15) is 5.15 Å². The molecule has 3 N–H and O–H groups in total. The van der Waals surface area contributed by atoms with Crippen molar-refractivity contribution in [2.45, 2.75) is 18.7 Å². The Balaban J connectivity index is 2.15. The number of pyridine rings is 1. The van der Waals surface area contributed by atoms with Crippen molar-refractivity contribution in [3.8, 4) is 0 Å². The fraction of sp³-hybridized carbons (Fsp3) is 0.188. The summed E-state index contributed by atoms with van der Waals surface area (Å²) in [5, 5.41) is 13.5. The van der Waals surface area contributed by atoms with Crippen LogP contribution in [-0.2, 0) is 4.79 Å². The molecule has 2 amide bonds. The van der Waals surface area contributed by atoms with Gasteiger partial charge in [0.25, 0.3) is 11.8 Å². The highest BCUT2D eigenvalue weighted by atomic mass is 35.5. The van der Waals surface area contributed by atoms with Crippen molar-refractivity contribution in [2.75, 3.05) is 10.6 Å². The molecule has 0 saturated heterocycles. The molecule has 27 heavy (non-hydrogen) atoms. The summed E-state index contributed by atoms with van der Waals surface area (Å²) in [6.07, 6.45) is -3.76. The van der Waals surface area contributed by atoms with Crippen molar-refractivity contribution in [3.05, 3.63) is 52.3 Å². The molecule has 0 radical (unpaired) electrons. The Hall–Kier alpha value is -2.36. The SMILES string of the molecule is C[C@@](O)(C(=O)Nc1ccc(NC(=O)c2cccnc2Cl)cc1Cl)C(F)(F)F. The third kappa shape index (κ3) is 4.68. The van der Waals surface area contributed by atoms with Crippen molar-refractivity contribution in [3.63, 3.8) is 0 Å². The largest absolute Gasteiger partial charge is 0.426 e. The zero-order valence-electron chi connectivity index (χ0n) is 13.6. The predicted molar refractivity (Wildman–Crippen MR) is 94.0 cm³/mol. The molecule has 0 unspecified atom stereocenters. The zero-order valence-corrected chi connectivity index (χ0v) is 15.1. The van der Waals surface area contributed by atoms with Crippen LogP contribution in [0.1, 0.15) is 17.3 Å². The average molecular weight is 422 g/mol. The molecule has 0 aliphatic rings. The molecule has 2 rings (SSSR count). The number of aliphatic hydroxyl groups is 1. The van der Waals surface area contributed by atoms with Gasteiger partial charge in [0.15, 0.2) is 0 Å². The zero-order chi connectivity index (χ0) is 20.4. The van der Waals surface area contributed by atoms with Crippen molar-refractivity contribution in [2.24, 2.45) is 0 Å². The molecule has 0 aliphatic heterocycles. The van der Waals surface area contributed by atoms with E-state index in [1.807, 2.05) is 5.32 Å². The van der Waals surface area contributed by atoms with Gasteiger partial charge >= 0.3 is 6.18 Å². The van der Waals surface area contributed by atoms with E-state index in [1.54, 1.807) is 0 Å². The fourth-order valence-electron chi connectivity index (χ4n) is 1.82. The number of alkyl halides is 3. The Morgan fingerprint density at radius 1 is 1.15 bits per heavy atom. The summed E-state index contributed by atoms with van der Waals surface area (Å²) in [6.45, 7) is 0.322. The number of anilines is 2. The van der Waals surface area contributed by atoms with Crippen LogP contribution in [0, 0.1) is 0 Å². The maximum absolute atomic E-state index is 12.7. The van der Waals surface area contributed by atoms with Gasteiger partial charge in [-0.3, -0.25) is 9.59 Å². The molecule has 0 spiro atoms. The van der Waals surface area contributed by atoms with Crippen molar-refractivity contribution in [1.82, 2.24) is 4.98 Å². The summed E-state index contributed by atoms with van der Waals surface area (Å²) < 4.78 is 38.0. The van der Waals surface area contributed by atoms with Gasteiger partial charge < -0.3 is 15.7 Å². The highest BCUT2D eigenvalue weighted by molar-refractivity contribution is 6.34. The second-order valence-electron chi connectivity index (χ2n) is 5.51. The Kier molecular flexibility index (Phi) is 5.98. The number of benzene rings is 1. The van der Waals surface area contributed by atoms with E-state index in [0.29, 0.717) is 6.92 Å². The molecule has 1 aromatic carbocycles. The quantitative estimate of drug-likeness (QED) is 0.653. The number of rotatable bonds is 4. The Bertz CT molecular complexity index is 889. The minimum atomic E-state index is -5.17. The lowest BCUT2D eigenvalue weighted by Gasteiger charge is -2.25. The lowest BCUT2D eigenvalue weighted by Crippen LogP contribution is -2.52. The van der Waals surface area contributed by atoms with Crippen LogP contribution in [0.2, 0.25) is 10.2 Å². The third-order valence-corrected chi connectivity index (χ3v) is 4.09. The van der Waals surface area contributed by atoms with Gasteiger partial charge in [-0.2, -0.15) is 13.2 Å². The van der Waals surface area contributed by atoms with Crippen LogP contribution in [0.15, 0.2) is 36.5 Å².